The predicted octanol–water partition coefficient (Wildman–Crippen LogP) is 2.54. The fraction of sp³-hybridized carbons (Fsp3) is 0.375. The number of halogens is 1. The Balaban J connectivity index is 1.41. The molecule has 2 aliphatic rings. The zero-order valence-electron chi connectivity index (χ0n) is 18.8. The summed E-state index contributed by atoms with van der Waals surface area (Å²) in [6, 6.07) is 12.2. The van der Waals surface area contributed by atoms with Crippen LogP contribution in [0.2, 0.25) is 0 Å². The molecule has 8 nitrogen and oxygen atoms in total. The maximum Gasteiger partial charge on any atom is 0.414 e. The van der Waals surface area contributed by atoms with E-state index in [0.717, 1.165) is 37.3 Å². The summed E-state index contributed by atoms with van der Waals surface area (Å²) in [6.07, 6.45) is 0.802. The van der Waals surface area contributed by atoms with E-state index < -0.39 is 18.0 Å². The standard InChI is InChI=1S/C24H28FN5O3/c1-17(31)26-15-21-16-30(24(32)33-21)20-7-8-22(23(25)13-20)19-5-3-18(4-6-19)14-27-29-11-9-28(2)10-12-29/h3-8,13-14,21H,9-12,15-16H2,1-2H3,(H,26,31)/t21-/m0/s1. The Morgan fingerprint density at radius 2 is 1.91 bits per heavy atom. The van der Waals surface area contributed by atoms with Crippen LogP contribution in [0.4, 0.5) is 14.9 Å². The Labute approximate surface area is 192 Å². The number of nitrogens with one attached hydrogen (secondary N) is 1. The number of anilines is 1. The van der Waals surface area contributed by atoms with Gasteiger partial charge in [0, 0.05) is 38.7 Å². The topological polar surface area (TPSA) is 77.5 Å². The first-order chi connectivity index (χ1) is 15.9. The van der Waals surface area contributed by atoms with E-state index in [4.69, 9.17) is 4.74 Å². The fourth-order valence-corrected chi connectivity index (χ4v) is 3.81. The van der Waals surface area contributed by atoms with Gasteiger partial charge in [-0.2, -0.15) is 5.10 Å². The normalized spacial score (nSPS) is 19.2. The van der Waals surface area contributed by atoms with Gasteiger partial charge >= 0.3 is 6.09 Å². The maximum atomic E-state index is 14.9. The van der Waals surface area contributed by atoms with E-state index in [1.54, 1.807) is 12.1 Å². The lowest BCUT2D eigenvalue weighted by atomic mass is 10.0. The third-order valence-electron chi connectivity index (χ3n) is 5.79. The number of hydrazone groups is 1. The minimum Gasteiger partial charge on any atom is -0.442 e. The Kier molecular flexibility index (Phi) is 6.88. The van der Waals surface area contributed by atoms with Crippen molar-refractivity contribution in [1.29, 1.82) is 0 Å². The Morgan fingerprint density at radius 1 is 1.18 bits per heavy atom. The van der Waals surface area contributed by atoms with Gasteiger partial charge in [-0.05, 0) is 36.4 Å². The van der Waals surface area contributed by atoms with Gasteiger partial charge in [-0.25, -0.2) is 9.18 Å². The second-order valence-corrected chi connectivity index (χ2v) is 8.34. The third kappa shape index (κ3) is 5.67. The van der Waals surface area contributed by atoms with Crippen molar-refractivity contribution in [2.24, 2.45) is 5.10 Å². The molecular weight excluding hydrogens is 425 g/mol. The molecule has 0 bridgehead atoms. The van der Waals surface area contributed by atoms with E-state index in [-0.39, 0.29) is 19.0 Å². The lowest BCUT2D eigenvalue weighted by Gasteiger charge is -2.30. The number of ether oxygens (including phenoxy) is 1. The number of cyclic esters (lactones) is 1. The maximum absolute atomic E-state index is 14.9. The van der Waals surface area contributed by atoms with Gasteiger partial charge in [0.05, 0.1) is 25.0 Å². The highest BCUT2D eigenvalue weighted by atomic mass is 19.1. The van der Waals surface area contributed by atoms with Crippen molar-refractivity contribution in [2.75, 3.05) is 51.2 Å². The highest BCUT2D eigenvalue weighted by Crippen LogP contribution is 2.29. The van der Waals surface area contributed by atoms with Crippen LogP contribution in [0.15, 0.2) is 47.6 Å². The molecular formula is C24H28FN5O3. The van der Waals surface area contributed by atoms with Gasteiger partial charge in [0.2, 0.25) is 5.91 Å². The molecule has 0 aliphatic carbocycles. The van der Waals surface area contributed by atoms with Crippen LogP contribution in [0.3, 0.4) is 0 Å². The molecule has 2 aromatic rings. The zero-order valence-corrected chi connectivity index (χ0v) is 18.8. The van der Waals surface area contributed by atoms with Gasteiger partial charge < -0.3 is 15.0 Å². The van der Waals surface area contributed by atoms with Gasteiger partial charge in [0.25, 0.3) is 0 Å². The van der Waals surface area contributed by atoms with Gasteiger partial charge in [-0.15, -0.1) is 0 Å². The number of rotatable bonds is 6. The molecule has 1 N–H and O–H groups in total. The van der Waals surface area contributed by atoms with E-state index in [1.807, 2.05) is 30.5 Å². The quantitative estimate of drug-likeness (QED) is 0.681. The first-order valence-corrected chi connectivity index (χ1v) is 11.0. The second kappa shape index (κ2) is 9.99. The van der Waals surface area contributed by atoms with Crippen LogP contribution in [0, 0.1) is 5.82 Å². The third-order valence-corrected chi connectivity index (χ3v) is 5.79. The lowest BCUT2D eigenvalue weighted by Crippen LogP contribution is -2.41. The van der Waals surface area contributed by atoms with Gasteiger partial charge in [-0.1, -0.05) is 24.3 Å². The summed E-state index contributed by atoms with van der Waals surface area (Å²) in [4.78, 5) is 26.9. The molecule has 0 aromatic heterocycles. The number of carbonyl (C=O) groups excluding carboxylic acids is 2. The monoisotopic (exact) mass is 453 g/mol. The molecule has 0 saturated carbocycles. The molecule has 0 unspecified atom stereocenters. The number of benzene rings is 2. The molecule has 9 heteroatoms. The highest BCUT2D eigenvalue weighted by Gasteiger charge is 2.32. The van der Waals surface area contributed by atoms with Gasteiger partial charge in [0.1, 0.15) is 11.9 Å². The molecule has 2 aliphatic heterocycles. The van der Waals surface area contributed by atoms with Crippen molar-refractivity contribution in [1.82, 2.24) is 15.2 Å². The number of piperazine rings is 1. The minimum absolute atomic E-state index is 0.198. The number of amides is 2. The van der Waals surface area contributed by atoms with E-state index in [9.17, 15) is 14.0 Å². The number of likely N-dealkylation sites (N-methyl/N-ethyl adjacent to an activating group) is 1. The summed E-state index contributed by atoms with van der Waals surface area (Å²) in [5, 5.41) is 9.21. The molecule has 33 heavy (non-hydrogen) atoms. The van der Waals surface area contributed by atoms with E-state index >= 15 is 0 Å². The Morgan fingerprint density at radius 3 is 2.58 bits per heavy atom. The second-order valence-electron chi connectivity index (χ2n) is 8.34. The zero-order chi connectivity index (χ0) is 23.4. The first-order valence-electron chi connectivity index (χ1n) is 11.0. The highest BCUT2D eigenvalue weighted by molar-refractivity contribution is 5.90. The molecule has 2 amide bonds. The summed E-state index contributed by atoms with van der Waals surface area (Å²) in [6.45, 7) is 5.67. The summed E-state index contributed by atoms with van der Waals surface area (Å²) >= 11 is 0. The molecule has 1 atom stereocenters. The van der Waals surface area contributed by atoms with E-state index in [2.05, 4.69) is 27.4 Å². The molecule has 2 saturated heterocycles. The van der Waals surface area contributed by atoms with Crippen LogP contribution in [0.25, 0.3) is 11.1 Å². The number of hydrogen-bond donors (Lipinski definition) is 1. The molecule has 4 rings (SSSR count). The van der Waals surface area contributed by atoms with Crippen molar-refractivity contribution >= 4 is 23.9 Å². The van der Waals surface area contributed by atoms with Gasteiger partial charge in [0.15, 0.2) is 0 Å². The number of hydrogen-bond acceptors (Lipinski definition) is 6. The average Bonchev–Trinajstić information content (AvgIpc) is 3.18. The van der Waals surface area contributed by atoms with Crippen molar-refractivity contribution in [2.45, 2.75) is 13.0 Å². The SMILES string of the molecule is CC(=O)NC[C@H]1CN(c2ccc(-c3ccc(C=NN4CCN(C)CC4)cc3)c(F)c2)C(=O)O1. The van der Waals surface area contributed by atoms with Crippen LogP contribution in [-0.2, 0) is 9.53 Å². The van der Waals surface area contributed by atoms with Crippen LogP contribution < -0.4 is 10.2 Å². The number of nitrogens with zero attached hydrogens (tertiary/aromatic N) is 4. The van der Waals surface area contributed by atoms with E-state index in [0.29, 0.717) is 11.3 Å². The lowest BCUT2D eigenvalue weighted by molar-refractivity contribution is -0.119. The van der Waals surface area contributed by atoms with Crippen LogP contribution >= 0.6 is 0 Å². The summed E-state index contributed by atoms with van der Waals surface area (Å²) in [5.74, 6) is -0.624. The summed E-state index contributed by atoms with van der Waals surface area (Å²) in [7, 11) is 2.10. The average molecular weight is 454 g/mol. The number of carbonyl (C=O) groups is 2. The largest absolute Gasteiger partial charge is 0.442 e. The Bertz CT molecular complexity index is 1030. The van der Waals surface area contributed by atoms with Crippen molar-refractivity contribution in [3.05, 3.63) is 53.8 Å². The molecule has 174 valence electrons. The van der Waals surface area contributed by atoms with Crippen molar-refractivity contribution in [3.8, 4) is 11.1 Å². The smallest absolute Gasteiger partial charge is 0.414 e. The van der Waals surface area contributed by atoms with Gasteiger partial charge in [-0.3, -0.25) is 14.7 Å². The summed E-state index contributed by atoms with van der Waals surface area (Å²) in [5.41, 5.74) is 2.55. The Hall–Kier alpha value is -3.46. The van der Waals surface area contributed by atoms with Crippen molar-refractivity contribution in [3.63, 3.8) is 0 Å². The van der Waals surface area contributed by atoms with Crippen LogP contribution in [0.1, 0.15) is 12.5 Å². The first kappa shape index (κ1) is 22.7. The molecule has 2 fully saturated rings. The van der Waals surface area contributed by atoms with E-state index in [1.165, 1.54) is 17.9 Å². The molecule has 0 radical (unpaired) electrons. The predicted molar refractivity (Wildman–Crippen MR) is 125 cm³/mol. The van der Waals surface area contributed by atoms with Crippen molar-refractivity contribution < 1.29 is 18.7 Å². The van der Waals surface area contributed by atoms with Crippen LogP contribution in [-0.4, -0.2) is 80.5 Å². The minimum atomic E-state index is -0.554. The van der Waals surface area contributed by atoms with Crippen LogP contribution in [0.5, 0.6) is 0 Å². The molecule has 0 spiro atoms. The fourth-order valence-electron chi connectivity index (χ4n) is 3.81. The molecule has 2 aromatic carbocycles. The molecule has 2 heterocycles. The summed E-state index contributed by atoms with van der Waals surface area (Å²) < 4.78 is 20.2.